The van der Waals surface area contributed by atoms with Crippen molar-refractivity contribution in [1.82, 2.24) is 4.90 Å². The second-order valence-corrected chi connectivity index (χ2v) is 7.54. The Kier molecular flexibility index (Phi) is 4.42. The third kappa shape index (κ3) is 2.80. The molecule has 1 unspecified atom stereocenters. The minimum absolute atomic E-state index is 0.147. The average Bonchev–Trinajstić information content (AvgIpc) is 2.99. The van der Waals surface area contributed by atoms with Gasteiger partial charge in [-0.15, -0.1) is 0 Å². The summed E-state index contributed by atoms with van der Waals surface area (Å²) in [5.41, 5.74) is 3.89. The number of carbonyl (C=O) groups is 1. The van der Waals surface area contributed by atoms with Crippen LogP contribution in [-0.4, -0.2) is 22.6 Å². The van der Waals surface area contributed by atoms with Gasteiger partial charge >= 0.3 is 5.97 Å². The lowest BCUT2D eigenvalue weighted by Crippen LogP contribution is -2.36. The zero-order chi connectivity index (χ0) is 17.4. The van der Waals surface area contributed by atoms with Crippen LogP contribution in [0.25, 0.3) is 0 Å². The molecule has 4 nitrogen and oxygen atoms in total. The number of carbonyl (C=O) groups excluding carboxylic acids is 1. The molecule has 0 aromatic heterocycles. The fourth-order valence-corrected chi connectivity index (χ4v) is 5.08. The molecule has 1 aliphatic carbocycles. The molecule has 0 radical (unpaired) electrons. The summed E-state index contributed by atoms with van der Waals surface area (Å²) in [6.07, 6.45) is 4.60. The van der Waals surface area contributed by atoms with Crippen LogP contribution >= 0.6 is 11.8 Å². The molecule has 2 heterocycles. The van der Waals surface area contributed by atoms with Crippen molar-refractivity contribution in [3.05, 3.63) is 57.8 Å². The van der Waals surface area contributed by atoms with Crippen LogP contribution < -0.4 is 0 Å². The molecule has 1 atom stereocenters. The summed E-state index contributed by atoms with van der Waals surface area (Å²) in [5, 5.41) is 1.01. The Morgan fingerprint density at radius 1 is 1.28 bits per heavy atom. The van der Waals surface area contributed by atoms with Crippen molar-refractivity contribution < 1.29 is 9.53 Å². The van der Waals surface area contributed by atoms with Crippen LogP contribution in [0.2, 0.25) is 0 Å². The molecule has 0 amide bonds. The molecule has 4 rings (SSSR count). The number of benzene rings is 1. The molecule has 1 aromatic rings. The second kappa shape index (κ2) is 6.71. The van der Waals surface area contributed by atoms with Gasteiger partial charge in [0.15, 0.2) is 5.17 Å². The van der Waals surface area contributed by atoms with Gasteiger partial charge < -0.3 is 9.64 Å². The van der Waals surface area contributed by atoms with E-state index in [1.807, 2.05) is 32.0 Å². The van der Waals surface area contributed by atoms with E-state index in [-0.39, 0.29) is 12.0 Å². The predicted octanol–water partition coefficient (Wildman–Crippen LogP) is 4.77. The van der Waals surface area contributed by atoms with Gasteiger partial charge in [0.25, 0.3) is 0 Å². The van der Waals surface area contributed by atoms with Crippen molar-refractivity contribution in [2.24, 2.45) is 4.99 Å². The Balaban J connectivity index is 1.85. The van der Waals surface area contributed by atoms with Gasteiger partial charge in [-0.3, -0.25) is 0 Å². The molecule has 0 fully saturated rings. The summed E-state index contributed by atoms with van der Waals surface area (Å²) in [4.78, 5) is 21.2. The smallest absolute Gasteiger partial charge is 0.338 e. The van der Waals surface area contributed by atoms with Crippen LogP contribution in [0.5, 0.6) is 0 Å². The molecule has 0 saturated heterocycles. The number of hydrogen-bond donors (Lipinski definition) is 0. The van der Waals surface area contributed by atoms with Crippen molar-refractivity contribution in [2.75, 3.05) is 6.61 Å². The molecule has 0 spiro atoms. The van der Waals surface area contributed by atoms with Crippen molar-refractivity contribution in [2.45, 2.75) is 45.6 Å². The summed E-state index contributed by atoms with van der Waals surface area (Å²) >= 11 is 1.78. The highest BCUT2D eigenvalue weighted by atomic mass is 32.2. The van der Waals surface area contributed by atoms with Crippen molar-refractivity contribution in [1.29, 1.82) is 0 Å². The number of amidine groups is 1. The van der Waals surface area contributed by atoms with Crippen LogP contribution in [0.3, 0.4) is 0 Å². The van der Waals surface area contributed by atoms with Gasteiger partial charge in [0.2, 0.25) is 0 Å². The van der Waals surface area contributed by atoms with E-state index in [1.54, 1.807) is 11.8 Å². The normalized spacial score (nSPS) is 22.6. The van der Waals surface area contributed by atoms with Crippen LogP contribution in [0, 0.1) is 0 Å². The summed E-state index contributed by atoms with van der Waals surface area (Å²) in [6, 6.07) is 10.1. The number of fused-ring (bicyclic) bond motifs is 2. The Morgan fingerprint density at radius 3 is 2.80 bits per heavy atom. The molecular weight excluding hydrogens is 332 g/mol. The SMILES string of the molecule is CCOC(=O)C1=C(C)N=C2SC3=C(CCCC3)N2C1c1ccccc1. The number of thioether (sulfide) groups is 1. The van der Waals surface area contributed by atoms with Crippen LogP contribution in [0.1, 0.15) is 51.1 Å². The van der Waals surface area contributed by atoms with E-state index in [0.717, 1.165) is 29.3 Å². The van der Waals surface area contributed by atoms with Gasteiger partial charge in [-0.1, -0.05) is 42.1 Å². The molecule has 2 aliphatic heterocycles. The van der Waals surface area contributed by atoms with Crippen molar-refractivity contribution >= 4 is 22.9 Å². The fourth-order valence-electron chi connectivity index (χ4n) is 3.79. The highest BCUT2D eigenvalue weighted by Crippen LogP contribution is 2.50. The number of allylic oxidation sites excluding steroid dienone is 3. The molecular formula is C20H22N2O2S. The van der Waals surface area contributed by atoms with Gasteiger partial charge in [-0.2, -0.15) is 0 Å². The molecule has 1 aromatic carbocycles. The van der Waals surface area contributed by atoms with Gasteiger partial charge in [0.05, 0.1) is 23.9 Å². The van der Waals surface area contributed by atoms with E-state index in [0.29, 0.717) is 12.2 Å². The number of aliphatic imine (C=N–C) groups is 1. The van der Waals surface area contributed by atoms with E-state index < -0.39 is 0 Å². The Bertz CT molecular complexity index is 795. The Labute approximate surface area is 152 Å². The summed E-state index contributed by atoms with van der Waals surface area (Å²) < 4.78 is 5.37. The number of rotatable bonds is 3. The van der Waals surface area contributed by atoms with Crippen molar-refractivity contribution in [3.8, 4) is 0 Å². The molecule has 0 saturated carbocycles. The third-order valence-corrected chi connectivity index (χ3v) is 6.05. The largest absolute Gasteiger partial charge is 0.463 e. The third-order valence-electron chi connectivity index (χ3n) is 4.90. The maximum Gasteiger partial charge on any atom is 0.338 e. The molecule has 25 heavy (non-hydrogen) atoms. The quantitative estimate of drug-likeness (QED) is 0.733. The van der Waals surface area contributed by atoms with Crippen LogP contribution in [0.15, 0.2) is 57.2 Å². The highest BCUT2D eigenvalue weighted by molar-refractivity contribution is 8.17. The number of ether oxygens (including phenoxy) is 1. The first kappa shape index (κ1) is 16.5. The summed E-state index contributed by atoms with van der Waals surface area (Å²) in [6.45, 7) is 4.14. The van der Waals surface area contributed by atoms with E-state index in [2.05, 4.69) is 17.0 Å². The molecule has 130 valence electrons. The minimum Gasteiger partial charge on any atom is -0.463 e. The van der Waals surface area contributed by atoms with Crippen molar-refractivity contribution in [3.63, 3.8) is 0 Å². The molecule has 5 heteroatoms. The standard InChI is InChI=1S/C20H22N2O2S/c1-3-24-19(23)17-13(2)21-20-22(15-11-7-8-12-16(15)25-20)18(17)14-9-5-4-6-10-14/h4-6,9-10,18H,3,7-8,11-12H2,1-2H3. The maximum absolute atomic E-state index is 12.7. The Morgan fingerprint density at radius 2 is 2.04 bits per heavy atom. The van der Waals surface area contributed by atoms with E-state index >= 15 is 0 Å². The molecule has 0 bridgehead atoms. The van der Waals surface area contributed by atoms with Gasteiger partial charge in [0, 0.05) is 10.6 Å². The minimum atomic E-state index is -0.258. The van der Waals surface area contributed by atoms with E-state index in [9.17, 15) is 4.79 Å². The lowest BCUT2D eigenvalue weighted by Gasteiger charge is -2.36. The van der Waals surface area contributed by atoms with E-state index in [1.165, 1.54) is 23.4 Å². The fraction of sp³-hybridized carbons (Fsp3) is 0.400. The highest BCUT2D eigenvalue weighted by Gasteiger charge is 2.43. The van der Waals surface area contributed by atoms with Gasteiger partial charge in [0.1, 0.15) is 0 Å². The first-order valence-electron chi connectivity index (χ1n) is 8.91. The first-order chi connectivity index (χ1) is 12.2. The monoisotopic (exact) mass is 354 g/mol. The van der Waals surface area contributed by atoms with Crippen LogP contribution in [-0.2, 0) is 9.53 Å². The van der Waals surface area contributed by atoms with Crippen LogP contribution in [0.4, 0.5) is 0 Å². The average molecular weight is 354 g/mol. The topological polar surface area (TPSA) is 41.9 Å². The predicted molar refractivity (Wildman–Crippen MR) is 101 cm³/mol. The summed E-state index contributed by atoms with van der Waals surface area (Å²) in [5.74, 6) is -0.258. The summed E-state index contributed by atoms with van der Waals surface area (Å²) in [7, 11) is 0. The Hall–Kier alpha value is -2.01. The molecule has 3 aliphatic rings. The zero-order valence-electron chi connectivity index (χ0n) is 14.6. The number of hydrogen-bond acceptors (Lipinski definition) is 5. The first-order valence-corrected chi connectivity index (χ1v) is 9.73. The number of nitrogens with zero attached hydrogens (tertiary/aromatic N) is 2. The lowest BCUT2D eigenvalue weighted by atomic mass is 9.92. The lowest BCUT2D eigenvalue weighted by molar-refractivity contribution is -0.139. The molecule has 0 N–H and O–H groups in total. The number of esters is 1. The van der Waals surface area contributed by atoms with Gasteiger partial charge in [-0.05, 0) is 45.1 Å². The second-order valence-electron chi connectivity index (χ2n) is 6.48. The van der Waals surface area contributed by atoms with Gasteiger partial charge in [-0.25, -0.2) is 9.79 Å². The maximum atomic E-state index is 12.7. The zero-order valence-corrected chi connectivity index (χ0v) is 15.4. The van der Waals surface area contributed by atoms with E-state index in [4.69, 9.17) is 9.73 Å².